The Labute approximate surface area is 137 Å². The van der Waals surface area contributed by atoms with Crippen LogP contribution in [0.5, 0.6) is 0 Å². The fourth-order valence-electron chi connectivity index (χ4n) is 2.92. The number of nitrogens with one attached hydrogen (secondary N) is 1. The van der Waals surface area contributed by atoms with Crippen LogP contribution >= 0.6 is 0 Å². The zero-order valence-electron chi connectivity index (χ0n) is 13.8. The molecule has 1 saturated heterocycles. The molecule has 1 aromatic carbocycles. The number of hydrogen-bond acceptors (Lipinski definition) is 4. The fourth-order valence-corrected chi connectivity index (χ4v) is 2.92. The Morgan fingerprint density at radius 2 is 1.91 bits per heavy atom. The molecule has 1 heterocycles. The number of likely N-dealkylation sites (tertiary alicyclic amines) is 1. The zero-order chi connectivity index (χ0) is 16.8. The smallest absolute Gasteiger partial charge is 0.269 e. The molecular weight excluding hydrogens is 294 g/mol. The number of carbonyl (C=O) groups excluding carboxylic acids is 1. The van der Waals surface area contributed by atoms with Crippen LogP contribution in [0.4, 0.5) is 5.69 Å². The standard InChI is InChI=1S/C17H25N3O3/c1-13(2)19-9-7-15(8-10-19)12-18-17(21)11-14-3-5-16(6-4-14)20(22)23/h3-6,13,15H,7-12H2,1-2H3,(H,18,21). The summed E-state index contributed by atoms with van der Waals surface area (Å²) in [6.07, 6.45) is 2.51. The number of piperidine rings is 1. The lowest BCUT2D eigenvalue weighted by molar-refractivity contribution is -0.384. The molecular formula is C17H25N3O3. The van der Waals surface area contributed by atoms with Gasteiger partial charge in [0.25, 0.3) is 5.69 Å². The van der Waals surface area contributed by atoms with Crippen LogP contribution in [0.1, 0.15) is 32.3 Å². The summed E-state index contributed by atoms with van der Waals surface area (Å²) in [4.78, 5) is 24.6. The third-order valence-corrected chi connectivity index (χ3v) is 4.48. The molecule has 126 valence electrons. The van der Waals surface area contributed by atoms with Gasteiger partial charge in [0, 0.05) is 24.7 Å². The third-order valence-electron chi connectivity index (χ3n) is 4.48. The number of amides is 1. The monoisotopic (exact) mass is 319 g/mol. The van der Waals surface area contributed by atoms with Gasteiger partial charge >= 0.3 is 0 Å². The predicted octanol–water partition coefficient (Wildman–Crippen LogP) is 2.37. The Morgan fingerprint density at radius 1 is 1.30 bits per heavy atom. The van der Waals surface area contributed by atoms with Gasteiger partial charge in [0.05, 0.1) is 11.3 Å². The maximum Gasteiger partial charge on any atom is 0.269 e. The largest absolute Gasteiger partial charge is 0.356 e. The van der Waals surface area contributed by atoms with Crippen LogP contribution in [0.2, 0.25) is 0 Å². The number of nitro benzene ring substituents is 1. The molecule has 0 aromatic heterocycles. The highest BCUT2D eigenvalue weighted by atomic mass is 16.6. The van der Waals surface area contributed by atoms with Gasteiger partial charge in [-0.1, -0.05) is 12.1 Å². The zero-order valence-corrected chi connectivity index (χ0v) is 13.8. The minimum atomic E-state index is -0.437. The predicted molar refractivity (Wildman–Crippen MR) is 89.2 cm³/mol. The first-order valence-electron chi connectivity index (χ1n) is 8.20. The maximum atomic E-state index is 12.0. The van der Waals surface area contributed by atoms with Crippen molar-refractivity contribution in [3.05, 3.63) is 39.9 Å². The lowest BCUT2D eigenvalue weighted by Gasteiger charge is -2.34. The van der Waals surface area contributed by atoms with E-state index in [0.717, 1.165) is 38.0 Å². The second-order valence-corrected chi connectivity index (χ2v) is 6.48. The lowest BCUT2D eigenvalue weighted by atomic mass is 9.96. The third kappa shape index (κ3) is 5.32. The minimum Gasteiger partial charge on any atom is -0.356 e. The number of non-ortho nitro benzene ring substituents is 1. The van der Waals surface area contributed by atoms with E-state index in [-0.39, 0.29) is 18.0 Å². The van der Waals surface area contributed by atoms with Crippen LogP contribution in [0.15, 0.2) is 24.3 Å². The maximum absolute atomic E-state index is 12.0. The van der Waals surface area contributed by atoms with Crippen molar-refractivity contribution >= 4 is 11.6 Å². The van der Waals surface area contributed by atoms with Gasteiger partial charge in [-0.3, -0.25) is 14.9 Å². The molecule has 0 atom stereocenters. The molecule has 1 aromatic rings. The molecule has 1 fully saturated rings. The SMILES string of the molecule is CC(C)N1CCC(CNC(=O)Cc2ccc([N+](=O)[O-])cc2)CC1. The van der Waals surface area contributed by atoms with E-state index in [1.165, 1.54) is 12.1 Å². The number of nitrogens with zero attached hydrogens (tertiary/aromatic N) is 2. The van der Waals surface area contributed by atoms with E-state index in [1.54, 1.807) is 12.1 Å². The summed E-state index contributed by atoms with van der Waals surface area (Å²) in [6, 6.07) is 6.74. The van der Waals surface area contributed by atoms with Gasteiger partial charge in [-0.25, -0.2) is 0 Å². The molecule has 0 unspecified atom stereocenters. The Kier molecular flexibility index (Phi) is 6.10. The summed E-state index contributed by atoms with van der Waals surface area (Å²) in [5.74, 6) is 0.524. The second-order valence-electron chi connectivity index (χ2n) is 6.48. The van der Waals surface area contributed by atoms with Crippen molar-refractivity contribution in [1.29, 1.82) is 0 Å². The Hall–Kier alpha value is -1.95. The number of hydrogen-bond donors (Lipinski definition) is 1. The van der Waals surface area contributed by atoms with E-state index in [4.69, 9.17) is 0 Å². The molecule has 6 nitrogen and oxygen atoms in total. The lowest BCUT2D eigenvalue weighted by Crippen LogP contribution is -2.41. The van der Waals surface area contributed by atoms with Crippen molar-refractivity contribution in [3.63, 3.8) is 0 Å². The number of benzene rings is 1. The van der Waals surface area contributed by atoms with Crippen LogP contribution in [-0.4, -0.2) is 41.4 Å². The summed E-state index contributed by atoms with van der Waals surface area (Å²) >= 11 is 0. The molecule has 23 heavy (non-hydrogen) atoms. The van der Waals surface area contributed by atoms with Gasteiger partial charge < -0.3 is 10.2 Å². The van der Waals surface area contributed by atoms with Gasteiger partial charge in [-0.2, -0.15) is 0 Å². The van der Waals surface area contributed by atoms with Crippen molar-refractivity contribution in [2.75, 3.05) is 19.6 Å². The molecule has 0 bridgehead atoms. The van der Waals surface area contributed by atoms with Gasteiger partial charge in [-0.05, 0) is 51.3 Å². The highest BCUT2D eigenvalue weighted by molar-refractivity contribution is 5.78. The minimum absolute atomic E-state index is 0.0230. The first-order chi connectivity index (χ1) is 11.0. The first kappa shape index (κ1) is 17.4. The summed E-state index contributed by atoms with van der Waals surface area (Å²) in [5, 5.41) is 13.6. The Morgan fingerprint density at radius 3 is 2.43 bits per heavy atom. The summed E-state index contributed by atoms with van der Waals surface area (Å²) in [7, 11) is 0. The molecule has 2 rings (SSSR count). The van der Waals surface area contributed by atoms with Crippen molar-refractivity contribution in [2.45, 2.75) is 39.2 Å². The quantitative estimate of drug-likeness (QED) is 0.645. The topological polar surface area (TPSA) is 75.5 Å². The van der Waals surface area contributed by atoms with Gasteiger partial charge in [0.1, 0.15) is 0 Å². The van der Waals surface area contributed by atoms with Crippen LogP contribution in [0.25, 0.3) is 0 Å². The van der Waals surface area contributed by atoms with E-state index < -0.39 is 4.92 Å². The van der Waals surface area contributed by atoms with Crippen molar-refractivity contribution in [1.82, 2.24) is 10.2 Å². The van der Waals surface area contributed by atoms with Gasteiger partial charge in [-0.15, -0.1) is 0 Å². The van der Waals surface area contributed by atoms with Crippen molar-refractivity contribution in [2.24, 2.45) is 5.92 Å². The van der Waals surface area contributed by atoms with Crippen LogP contribution in [-0.2, 0) is 11.2 Å². The summed E-state index contributed by atoms with van der Waals surface area (Å²) in [6.45, 7) is 7.34. The van der Waals surface area contributed by atoms with E-state index >= 15 is 0 Å². The summed E-state index contributed by atoms with van der Waals surface area (Å²) in [5.41, 5.74) is 0.841. The molecule has 6 heteroatoms. The van der Waals surface area contributed by atoms with E-state index in [1.807, 2.05) is 0 Å². The van der Waals surface area contributed by atoms with Crippen molar-refractivity contribution in [3.8, 4) is 0 Å². The first-order valence-corrected chi connectivity index (χ1v) is 8.20. The fraction of sp³-hybridized carbons (Fsp3) is 0.588. The molecule has 0 saturated carbocycles. The molecule has 1 amide bonds. The number of rotatable bonds is 6. The Bertz CT molecular complexity index is 535. The molecule has 1 aliphatic rings. The normalized spacial score (nSPS) is 16.5. The molecule has 0 radical (unpaired) electrons. The van der Waals surface area contributed by atoms with E-state index in [9.17, 15) is 14.9 Å². The van der Waals surface area contributed by atoms with Gasteiger partial charge in [0.2, 0.25) is 5.91 Å². The van der Waals surface area contributed by atoms with E-state index in [0.29, 0.717) is 12.0 Å². The van der Waals surface area contributed by atoms with Crippen LogP contribution < -0.4 is 5.32 Å². The van der Waals surface area contributed by atoms with Crippen LogP contribution in [0.3, 0.4) is 0 Å². The molecule has 0 aliphatic carbocycles. The number of carbonyl (C=O) groups is 1. The summed E-state index contributed by atoms with van der Waals surface area (Å²) < 4.78 is 0. The molecule has 1 N–H and O–H groups in total. The number of nitro groups is 1. The Balaban J connectivity index is 1.72. The molecule has 0 spiro atoms. The highest BCUT2D eigenvalue weighted by Crippen LogP contribution is 2.18. The van der Waals surface area contributed by atoms with Crippen LogP contribution in [0, 0.1) is 16.0 Å². The average Bonchev–Trinajstić information content (AvgIpc) is 2.54. The highest BCUT2D eigenvalue weighted by Gasteiger charge is 2.21. The van der Waals surface area contributed by atoms with Crippen molar-refractivity contribution < 1.29 is 9.72 Å². The molecule has 1 aliphatic heterocycles. The van der Waals surface area contributed by atoms with E-state index in [2.05, 4.69) is 24.1 Å². The van der Waals surface area contributed by atoms with Gasteiger partial charge in [0.15, 0.2) is 0 Å². The second kappa shape index (κ2) is 8.06. The average molecular weight is 319 g/mol.